The fourth-order valence-corrected chi connectivity index (χ4v) is 4.26. The van der Waals surface area contributed by atoms with E-state index >= 15 is 0 Å². The lowest BCUT2D eigenvalue weighted by molar-refractivity contribution is -0.143. The third-order valence-electron chi connectivity index (χ3n) is 4.94. The number of carbonyl (C=O) groups is 4. The van der Waals surface area contributed by atoms with Crippen LogP contribution >= 0.6 is 11.3 Å². The number of anilines is 1. The zero-order valence-electron chi connectivity index (χ0n) is 15.0. The second kappa shape index (κ2) is 7.55. The first-order chi connectivity index (χ1) is 13.5. The number of amides is 5. The maximum absolute atomic E-state index is 12.5. The van der Waals surface area contributed by atoms with Crippen molar-refractivity contribution in [3.05, 3.63) is 34.7 Å². The molecule has 2 fully saturated rings. The molecule has 2 aliphatic rings. The van der Waals surface area contributed by atoms with Gasteiger partial charge in [-0.1, -0.05) is 18.9 Å². The van der Waals surface area contributed by atoms with Crippen molar-refractivity contribution in [3.8, 4) is 0 Å². The number of thiophene rings is 1. The van der Waals surface area contributed by atoms with Crippen LogP contribution in [0.1, 0.15) is 36.6 Å². The first-order valence-electron chi connectivity index (χ1n) is 9.07. The van der Waals surface area contributed by atoms with Crippen molar-refractivity contribution in [2.24, 2.45) is 0 Å². The highest BCUT2D eigenvalue weighted by Crippen LogP contribution is 2.31. The minimum Gasteiger partial charge on any atom is -0.309 e. The van der Waals surface area contributed by atoms with Gasteiger partial charge in [-0.15, -0.1) is 11.3 Å². The summed E-state index contributed by atoms with van der Waals surface area (Å²) in [5, 5.41) is 8.79. The first-order valence-corrected chi connectivity index (χ1v) is 9.95. The van der Waals surface area contributed by atoms with Gasteiger partial charge >= 0.3 is 17.8 Å². The predicted octanol–water partition coefficient (Wildman–Crippen LogP) is 1.99. The Hall–Kier alpha value is -3.01. The average Bonchev–Trinajstić information content (AvgIpc) is 3.46. The molecule has 28 heavy (non-hydrogen) atoms. The Kier molecular flexibility index (Phi) is 4.95. The standard InChI is InChI=1S/C18H19N5O4S/c24-15(20-14-7-8-19-23(14)12-4-1-2-5-12)11-22-17(26)16(25)21(18(22)27)10-13-6-3-9-28-13/h3,6-9,12H,1-2,4-5,10-11H2,(H,20,24). The second-order valence-corrected chi connectivity index (χ2v) is 7.82. The molecule has 3 heterocycles. The van der Waals surface area contributed by atoms with E-state index in [1.807, 2.05) is 5.38 Å². The summed E-state index contributed by atoms with van der Waals surface area (Å²) >= 11 is 1.38. The average molecular weight is 401 g/mol. The van der Waals surface area contributed by atoms with E-state index in [0.717, 1.165) is 35.5 Å². The van der Waals surface area contributed by atoms with Crippen LogP contribution < -0.4 is 5.32 Å². The second-order valence-electron chi connectivity index (χ2n) is 6.79. The van der Waals surface area contributed by atoms with Crippen LogP contribution in [0, 0.1) is 0 Å². The number of carbonyl (C=O) groups excluding carboxylic acids is 4. The summed E-state index contributed by atoms with van der Waals surface area (Å²) in [4.78, 5) is 51.6. The van der Waals surface area contributed by atoms with Crippen molar-refractivity contribution in [1.29, 1.82) is 0 Å². The van der Waals surface area contributed by atoms with Crippen LogP contribution in [-0.2, 0) is 20.9 Å². The highest BCUT2D eigenvalue weighted by molar-refractivity contribution is 7.09. The van der Waals surface area contributed by atoms with Crippen LogP contribution in [0.25, 0.3) is 0 Å². The molecule has 1 saturated carbocycles. The Morgan fingerprint density at radius 2 is 1.89 bits per heavy atom. The molecule has 10 heteroatoms. The van der Waals surface area contributed by atoms with E-state index in [9.17, 15) is 19.2 Å². The monoisotopic (exact) mass is 401 g/mol. The lowest BCUT2D eigenvalue weighted by atomic mass is 10.2. The van der Waals surface area contributed by atoms with Crippen molar-refractivity contribution in [2.75, 3.05) is 11.9 Å². The molecule has 0 unspecified atom stereocenters. The zero-order valence-corrected chi connectivity index (χ0v) is 15.9. The molecule has 0 radical (unpaired) electrons. The maximum Gasteiger partial charge on any atom is 0.335 e. The number of hydrogen-bond donors (Lipinski definition) is 1. The smallest absolute Gasteiger partial charge is 0.309 e. The predicted molar refractivity (Wildman–Crippen MR) is 100 cm³/mol. The number of hydrogen-bond acceptors (Lipinski definition) is 6. The van der Waals surface area contributed by atoms with Gasteiger partial charge in [-0.05, 0) is 24.3 Å². The molecular weight excluding hydrogens is 382 g/mol. The number of nitrogens with zero attached hydrogens (tertiary/aromatic N) is 4. The number of nitrogens with one attached hydrogen (secondary N) is 1. The SMILES string of the molecule is O=C(CN1C(=O)C(=O)N(Cc2cccs2)C1=O)Nc1ccnn1C1CCCC1. The van der Waals surface area contributed by atoms with Gasteiger partial charge in [0.05, 0.1) is 18.8 Å². The fraction of sp³-hybridized carbons (Fsp3) is 0.389. The van der Waals surface area contributed by atoms with Gasteiger partial charge in [0, 0.05) is 10.9 Å². The van der Waals surface area contributed by atoms with Crippen molar-refractivity contribution >= 4 is 40.9 Å². The Balaban J connectivity index is 1.42. The molecule has 0 spiro atoms. The van der Waals surface area contributed by atoms with Crippen LogP contribution in [0.4, 0.5) is 10.6 Å². The van der Waals surface area contributed by atoms with Gasteiger partial charge in [-0.3, -0.25) is 19.3 Å². The number of aromatic nitrogens is 2. The van der Waals surface area contributed by atoms with Crippen LogP contribution in [0.15, 0.2) is 29.8 Å². The van der Waals surface area contributed by atoms with E-state index in [4.69, 9.17) is 0 Å². The lowest BCUT2D eigenvalue weighted by Crippen LogP contribution is -2.39. The largest absolute Gasteiger partial charge is 0.335 e. The zero-order chi connectivity index (χ0) is 19.7. The molecule has 9 nitrogen and oxygen atoms in total. The summed E-state index contributed by atoms with van der Waals surface area (Å²) < 4.78 is 1.77. The molecule has 1 N–H and O–H groups in total. The van der Waals surface area contributed by atoms with Crippen LogP contribution in [0.5, 0.6) is 0 Å². The molecular formula is C18H19N5O4S. The summed E-state index contributed by atoms with van der Waals surface area (Å²) in [7, 11) is 0. The summed E-state index contributed by atoms with van der Waals surface area (Å²) in [6, 6.07) is 4.71. The molecule has 1 saturated heterocycles. The molecule has 0 atom stereocenters. The lowest BCUT2D eigenvalue weighted by Gasteiger charge is -2.17. The van der Waals surface area contributed by atoms with Crippen molar-refractivity contribution < 1.29 is 19.2 Å². The van der Waals surface area contributed by atoms with E-state index in [2.05, 4.69) is 10.4 Å². The Labute approximate surface area is 164 Å². The van der Waals surface area contributed by atoms with E-state index in [1.54, 1.807) is 29.1 Å². The normalized spacial score (nSPS) is 17.8. The molecule has 0 bridgehead atoms. The summed E-state index contributed by atoms with van der Waals surface area (Å²) in [6.07, 6.45) is 5.85. The van der Waals surface area contributed by atoms with Gasteiger partial charge in [0.1, 0.15) is 12.4 Å². The fourth-order valence-electron chi connectivity index (χ4n) is 3.57. The Bertz CT molecular complexity index is 916. The molecule has 2 aromatic heterocycles. The van der Waals surface area contributed by atoms with Crippen LogP contribution in [-0.4, -0.2) is 49.9 Å². The van der Waals surface area contributed by atoms with Crippen LogP contribution in [0.3, 0.4) is 0 Å². The molecule has 1 aliphatic carbocycles. The van der Waals surface area contributed by atoms with Crippen molar-refractivity contribution in [2.45, 2.75) is 38.3 Å². The minimum atomic E-state index is -0.985. The quantitative estimate of drug-likeness (QED) is 0.589. The number of urea groups is 1. The van der Waals surface area contributed by atoms with Gasteiger partial charge in [0.15, 0.2) is 0 Å². The molecule has 1 aliphatic heterocycles. The van der Waals surface area contributed by atoms with E-state index < -0.39 is 30.3 Å². The van der Waals surface area contributed by atoms with E-state index in [1.165, 1.54) is 11.3 Å². The summed E-state index contributed by atoms with van der Waals surface area (Å²) in [6.45, 7) is -0.492. The molecule has 0 aromatic carbocycles. The summed E-state index contributed by atoms with van der Waals surface area (Å²) in [5.74, 6) is -1.92. The van der Waals surface area contributed by atoms with Crippen molar-refractivity contribution in [3.63, 3.8) is 0 Å². The van der Waals surface area contributed by atoms with Gasteiger partial charge in [-0.2, -0.15) is 5.10 Å². The van der Waals surface area contributed by atoms with Gasteiger partial charge < -0.3 is 5.32 Å². The van der Waals surface area contributed by atoms with Crippen molar-refractivity contribution in [1.82, 2.24) is 19.6 Å². The van der Waals surface area contributed by atoms with Gasteiger partial charge in [-0.25, -0.2) is 14.4 Å². The van der Waals surface area contributed by atoms with E-state index in [0.29, 0.717) is 10.7 Å². The topological polar surface area (TPSA) is 105 Å². The molecule has 2 aromatic rings. The van der Waals surface area contributed by atoms with Gasteiger partial charge in [0.2, 0.25) is 5.91 Å². The third-order valence-corrected chi connectivity index (χ3v) is 5.80. The maximum atomic E-state index is 12.5. The minimum absolute atomic E-state index is 0.0215. The van der Waals surface area contributed by atoms with E-state index in [-0.39, 0.29) is 12.6 Å². The Morgan fingerprint density at radius 1 is 1.14 bits per heavy atom. The summed E-state index contributed by atoms with van der Waals surface area (Å²) in [5.41, 5.74) is 0. The molecule has 146 valence electrons. The molecule has 4 rings (SSSR count). The molecule has 5 amide bonds. The third kappa shape index (κ3) is 3.42. The van der Waals surface area contributed by atoms with Gasteiger partial charge in [0.25, 0.3) is 0 Å². The van der Waals surface area contributed by atoms with Crippen LogP contribution in [0.2, 0.25) is 0 Å². The number of imide groups is 2. The Morgan fingerprint density at radius 3 is 2.61 bits per heavy atom. The first kappa shape index (κ1) is 18.4. The highest BCUT2D eigenvalue weighted by atomic mass is 32.1. The highest BCUT2D eigenvalue weighted by Gasteiger charge is 2.45. The number of rotatable bonds is 6.